The predicted octanol–water partition coefficient (Wildman–Crippen LogP) is 3.59. The van der Waals surface area contributed by atoms with Gasteiger partial charge in [0.05, 0.1) is 6.20 Å². The van der Waals surface area contributed by atoms with Gasteiger partial charge in [-0.05, 0) is 49.9 Å². The van der Waals surface area contributed by atoms with Gasteiger partial charge < -0.3 is 10.6 Å². The molecule has 0 spiro atoms. The zero-order valence-corrected chi connectivity index (χ0v) is 12.6. The van der Waals surface area contributed by atoms with E-state index in [0.29, 0.717) is 12.0 Å². The Morgan fingerprint density at radius 2 is 1.76 bits per heavy atom. The summed E-state index contributed by atoms with van der Waals surface area (Å²) < 4.78 is 0. The largest absolute Gasteiger partial charge is 0.350 e. The van der Waals surface area contributed by atoms with Gasteiger partial charge in [-0.1, -0.05) is 18.9 Å². The van der Waals surface area contributed by atoms with Crippen LogP contribution >= 0.6 is 0 Å². The van der Waals surface area contributed by atoms with Crippen LogP contribution in [0, 0.1) is 13.8 Å². The van der Waals surface area contributed by atoms with Crippen LogP contribution in [0.4, 0.5) is 17.5 Å². The monoisotopic (exact) mass is 283 g/mol. The number of aromatic nitrogens is 3. The molecule has 5 nitrogen and oxygen atoms in total. The van der Waals surface area contributed by atoms with E-state index in [4.69, 9.17) is 0 Å². The molecule has 110 valence electrons. The lowest BCUT2D eigenvalue weighted by atomic mass is 10.1. The van der Waals surface area contributed by atoms with E-state index in [9.17, 15) is 0 Å². The first-order chi connectivity index (χ1) is 10.2. The minimum atomic E-state index is 0.489. The third kappa shape index (κ3) is 3.68. The van der Waals surface area contributed by atoms with Crippen molar-refractivity contribution in [3.05, 3.63) is 35.5 Å². The summed E-state index contributed by atoms with van der Waals surface area (Å²) in [6.07, 6.45) is 6.60. The number of hydrogen-bond acceptors (Lipinski definition) is 5. The van der Waals surface area contributed by atoms with E-state index < -0.39 is 0 Å². The van der Waals surface area contributed by atoms with Gasteiger partial charge in [0.25, 0.3) is 0 Å². The molecule has 1 aliphatic rings. The molecule has 0 aliphatic heterocycles. The Morgan fingerprint density at radius 3 is 2.48 bits per heavy atom. The fraction of sp³-hybridized carbons (Fsp3) is 0.438. The molecule has 0 bridgehead atoms. The Hall–Kier alpha value is -2.17. The van der Waals surface area contributed by atoms with E-state index in [2.05, 4.69) is 57.9 Å². The van der Waals surface area contributed by atoms with Gasteiger partial charge in [-0.3, -0.25) is 0 Å². The summed E-state index contributed by atoms with van der Waals surface area (Å²) in [5, 5.41) is 14.8. The van der Waals surface area contributed by atoms with E-state index in [1.807, 2.05) is 0 Å². The van der Waals surface area contributed by atoms with Crippen molar-refractivity contribution >= 4 is 17.5 Å². The van der Waals surface area contributed by atoms with Crippen LogP contribution in [0.3, 0.4) is 0 Å². The van der Waals surface area contributed by atoms with Crippen molar-refractivity contribution in [2.45, 2.75) is 45.6 Å². The molecule has 0 atom stereocenters. The number of rotatable bonds is 4. The lowest BCUT2D eigenvalue weighted by molar-refractivity contribution is 0.738. The van der Waals surface area contributed by atoms with Crippen LogP contribution in [-0.2, 0) is 0 Å². The van der Waals surface area contributed by atoms with Crippen molar-refractivity contribution in [3.63, 3.8) is 0 Å². The molecule has 2 aromatic rings. The highest BCUT2D eigenvalue weighted by Crippen LogP contribution is 2.22. The molecule has 3 rings (SSSR count). The maximum Gasteiger partial charge on any atom is 0.244 e. The summed E-state index contributed by atoms with van der Waals surface area (Å²) in [4.78, 5) is 4.50. The summed E-state index contributed by atoms with van der Waals surface area (Å²) in [6, 6.07) is 6.83. The summed E-state index contributed by atoms with van der Waals surface area (Å²) >= 11 is 0. The molecule has 2 N–H and O–H groups in total. The fourth-order valence-electron chi connectivity index (χ4n) is 2.87. The molecule has 1 aromatic carbocycles. The SMILES string of the molecule is Cc1cc(C)cc(Nc2cnnc(NC3CCCC3)n2)c1. The molecular weight excluding hydrogens is 262 g/mol. The van der Waals surface area contributed by atoms with E-state index in [0.717, 1.165) is 11.5 Å². The number of aryl methyl sites for hydroxylation is 2. The Labute approximate surface area is 125 Å². The van der Waals surface area contributed by atoms with Gasteiger partial charge in [0.1, 0.15) is 0 Å². The molecule has 0 radical (unpaired) electrons. The van der Waals surface area contributed by atoms with Gasteiger partial charge >= 0.3 is 0 Å². The second kappa shape index (κ2) is 6.08. The van der Waals surface area contributed by atoms with Crippen molar-refractivity contribution in [3.8, 4) is 0 Å². The maximum atomic E-state index is 4.50. The Morgan fingerprint density at radius 1 is 1.05 bits per heavy atom. The molecule has 0 saturated heterocycles. The highest BCUT2D eigenvalue weighted by atomic mass is 15.3. The molecule has 1 saturated carbocycles. The van der Waals surface area contributed by atoms with Gasteiger partial charge in [-0.25, -0.2) is 0 Å². The summed E-state index contributed by atoms with van der Waals surface area (Å²) in [5.74, 6) is 1.33. The molecule has 1 aliphatic carbocycles. The van der Waals surface area contributed by atoms with Gasteiger partial charge in [0, 0.05) is 11.7 Å². The normalized spacial score (nSPS) is 15.1. The Kier molecular flexibility index (Phi) is 3.99. The third-order valence-electron chi connectivity index (χ3n) is 3.74. The van der Waals surface area contributed by atoms with E-state index in [1.165, 1.54) is 36.8 Å². The second-order valence-electron chi connectivity index (χ2n) is 5.79. The number of anilines is 3. The van der Waals surface area contributed by atoms with Gasteiger partial charge in [-0.15, -0.1) is 5.10 Å². The number of nitrogens with one attached hydrogen (secondary N) is 2. The minimum absolute atomic E-state index is 0.489. The fourth-order valence-corrected chi connectivity index (χ4v) is 2.87. The smallest absolute Gasteiger partial charge is 0.244 e. The quantitative estimate of drug-likeness (QED) is 0.898. The van der Waals surface area contributed by atoms with Crippen LogP contribution in [0.25, 0.3) is 0 Å². The zero-order chi connectivity index (χ0) is 14.7. The molecule has 1 aromatic heterocycles. The van der Waals surface area contributed by atoms with E-state index in [1.54, 1.807) is 6.20 Å². The molecule has 21 heavy (non-hydrogen) atoms. The Balaban J connectivity index is 1.73. The molecular formula is C16H21N5. The first kappa shape index (κ1) is 13.8. The zero-order valence-electron chi connectivity index (χ0n) is 12.6. The standard InChI is InChI=1S/C16H21N5/c1-11-7-12(2)9-14(8-11)18-15-10-17-21-16(20-15)19-13-5-3-4-6-13/h7-10,13H,3-6H2,1-2H3,(H2,18,19,20,21). The summed E-state index contributed by atoms with van der Waals surface area (Å²) in [6.45, 7) is 4.17. The van der Waals surface area contributed by atoms with Crippen LogP contribution in [0.15, 0.2) is 24.4 Å². The Bertz CT molecular complexity index is 600. The van der Waals surface area contributed by atoms with Crippen LogP contribution in [0.1, 0.15) is 36.8 Å². The highest BCUT2D eigenvalue weighted by molar-refractivity contribution is 5.58. The van der Waals surface area contributed by atoms with Gasteiger partial charge in [-0.2, -0.15) is 10.1 Å². The molecule has 5 heteroatoms. The van der Waals surface area contributed by atoms with Gasteiger partial charge in [0.15, 0.2) is 5.82 Å². The van der Waals surface area contributed by atoms with Crippen molar-refractivity contribution in [1.82, 2.24) is 15.2 Å². The topological polar surface area (TPSA) is 62.7 Å². The van der Waals surface area contributed by atoms with Crippen molar-refractivity contribution in [2.75, 3.05) is 10.6 Å². The van der Waals surface area contributed by atoms with E-state index >= 15 is 0 Å². The lowest BCUT2D eigenvalue weighted by Gasteiger charge is -2.12. The molecule has 1 heterocycles. The first-order valence-electron chi connectivity index (χ1n) is 7.50. The third-order valence-corrected chi connectivity index (χ3v) is 3.74. The van der Waals surface area contributed by atoms with Crippen molar-refractivity contribution < 1.29 is 0 Å². The average Bonchev–Trinajstić information content (AvgIpc) is 2.90. The molecule has 0 amide bonds. The molecule has 1 fully saturated rings. The van der Waals surface area contributed by atoms with Crippen LogP contribution < -0.4 is 10.6 Å². The van der Waals surface area contributed by atoms with Crippen molar-refractivity contribution in [1.29, 1.82) is 0 Å². The molecule has 0 unspecified atom stereocenters. The first-order valence-corrected chi connectivity index (χ1v) is 7.50. The summed E-state index contributed by atoms with van der Waals surface area (Å²) in [7, 11) is 0. The van der Waals surface area contributed by atoms with Crippen molar-refractivity contribution in [2.24, 2.45) is 0 Å². The maximum absolute atomic E-state index is 4.50. The van der Waals surface area contributed by atoms with Crippen LogP contribution in [0.5, 0.6) is 0 Å². The van der Waals surface area contributed by atoms with Gasteiger partial charge in [0.2, 0.25) is 5.95 Å². The number of nitrogens with zero attached hydrogens (tertiary/aromatic N) is 3. The predicted molar refractivity (Wildman–Crippen MR) is 84.9 cm³/mol. The summed E-state index contributed by atoms with van der Waals surface area (Å²) in [5.41, 5.74) is 3.48. The average molecular weight is 283 g/mol. The minimum Gasteiger partial charge on any atom is -0.350 e. The highest BCUT2D eigenvalue weighted by Gasteiger charge is 2.15. The second-order valence-corrected chi connectivity index (χ2v) is 5.79. The number of benzene rings is 1. The van der Waals surface area contributed by atoms with E-state index in [-0.39, 0.29) is 0 Å². The van der Waals surface area contributed by atoms with Crippen LogP contribution in [-0.4, -0.2) is 21.2 Å². The van der Waals surface area contributed by atoms with Crippen LogP contribution in [0.2, 0.25) is 0 Å². The lowest BCUT2D eigenvalue weighted by Crippen LogP contribution is -2.17. The number of hydrogen-bond donors (Lipinski definition) is 2.